The van der Waals surface area contributed by atoms with Gasteiger partial charge in [0.1, 0.15) is 0 Å². The normalized spacial score (nSPS) is 10.6. The molecule has 0 aliphatic carbocycles. The SMILES string of the molecule is CCCc1cc(NC(=O)CSCc2cccc(Cl)c2)n[nH]1. The molecule has 2 N–H and O–H groups in total. The molecule has 0 saturated carbocycles. The summed E-state index contributed by atoms with van der Waals surface area (Å²) in [5, 5.41) is 10.5. The van der Waals surface area contributed by atoms with E-state index in [1.165, 1.54) is 0 Å². The first-order valence-corrected chi connectivity index (χ1v) is 8.37. The second-order valence-corrected chi connectivity index (χ2v) is 6.12. The molecule has 0 saturated heterocycles. The monoisotopic (exact) mass is 323 g/mol. The van der Waals surface area contributed by atoms with Crippen LogP contribution >= 0.6 is 23.4 Å². The van der Waals surface area contributed by atoms with Gasteiger partial charge in [0.15, 0.2) is 5.82 Å². The lowest BCUT2D eigenvalue weighted by atomic mass is 10.2. The third kappa shape index (κ3) is 5.44. The van der Waals surface area contributed by atoms with Gasteiger partial charge >= 0.3 is 0 Å². The summed E-state index contributed by atoms with van der Waals surface area (Å²) < 4.78 is 0. The molecule has 112 valence electrons. The van der Waals surface area contributed by atoms with Crippen molar-refractivity contribution in [3.63, 3.8) is 0 Å². The zero-order chi connectivity index (χ0) is 15.1. The topological polar surface area (TPSA) is 57.8 Å². The summed E-state index contributed by atoms with van der Waals surface area (Å²) in [5.41, 5.74) is 2.16. The van der Waals surface area contributed by atoms with Crippen molar-refractivity contribution in [3.8, 4) is 0 Å². The number of rotatable bonds is 7. The van der Waals surface area contributed by atoms with E-state index >= 15 is 0 Å². The van der Waals surface area contributed by atoms with Gasteiger partial charge in [0.05, 0.1) is 5.75 Å². The second kappa shape index (κ2) is 8.10. The summed E-state index contributed by atoms with van der Waals surface area (Å²) in [4.78, 5) is 11.8. The lowest BCUT2D eigenvalue weighted by Crippen LogP contribution is -2.14. The molecule has 2 aromatic rings. The van der Waals surface area contributed by atoms with Gasteiger partial charge in [0.25, 0.3) is 0 Å². The fraction of sp³-hybridized carbons (Fsp3) is 0.333. The predicted molar refractivity (Wildman–Crippen MR) is 88.8 cm³/mol. The summed E-state index contributed by atoms with van der Waals surface area (Å²) in [6.07, 6.45) is 1.98. The van der Waals surface area contributed by atoms with E-state index in [1.807, 2.05) is 30.3 Å². The molecule has 0 unspecified atom stereocenters. The van der Waals surface area contributed by atoms with Crippen LogP contribution in [0.4, 0.5) is 5.82 Å². The Kier molecular flexibility index (Phi) is 6.14. The second-order valence-electron chi connectivity index (χ2n) is 4.70. The zero-order valence-corrected chi connectivity index (χ0v) is 13.4. The Morgan fingerprint density at radius 3 is 3.05 bits per heavy atom. The molecule has 4 nitrogen and oxygen atoms in total. The molecule has 0 bridgehead atoms. The smallest absolute Gasteiger partial charge is 0.235 e. The average Bonchev–Trinajstić information content (AvgIpc) is 2.86. The Balaban J connectivity index is 1.74. The number of aromatic amines is 1. The average molecular weight is 324 g/mol. The number of aryl methyl sites for hydroxylation is 1. The van der Waals surface area contributed by atoms with Gasteiger partial charge in [0.2, 0.25) is 5.91 Å². The number of nitrogens with zero attached hydrogens (tertiary/aromatic N) is 1. The Hall–Kier alpha value is -1.46. The van der Waals surface area contributed by atoms with Crippen LogP contribution < -0.4 is 5.32 Å². The molecule has 2 rings (SSSR count). The number of halogens is 1. The van der Waals surface area contributed by atoms with Crippen molar-refractivity contribution in [3.05, 3.63) is 46.6 Å². The summed E-state index contributed by atoms with van der Waals surface area (Å²) in [5.74, 6) is 1.70. The minimum absolute atomic E-state index is 0.0448. The molecule has 0 radical (unpaired) electrons. The molecule has 21 heavy (non-hydrogen) atoms. The number of benzene rings is 1. The molecular formula is C15H18ClN3OS. The van der Waals surface area contributed by atoms with Crippen LogP contribution in [-0.2, 0) is 17.0 Å². The molecule has 0 aliphatic rings. The Morgan fingerprint density at radius 2 is 2.29 bits per heavy atom. The van der Waals surface area contributed by atoms with Crippen LogP contribution in [0.3, 0.4) is 0 Å². The third-order valence-corrected chi connectivity index (χ3v) is 4.05. The van der Waals surface area contributed by atoms with Crippen LogP contribution in [0.1, 0.15) is 24.6 Å². The van der Waals surface area contributed by atoms with Crippen LogP contribution in [0.5, 0.6) is 0 Å². The van der Waals surface area contributed by atoms with Crippen LogP contribution in [-0.4, -0.2) is 21.9 Å². The van der Waals surface area contributed by atoms with E-state index in [1.54, 1.807) is 11.8 Å². The van der Waals surface area contributed by atoms with Gasteiger partial charge in [-0.3, -0.25) is 9.89 Å². The fourth-order valence-corrected chi connectivity index (χ4v) is 2.88. The van der Waals surface area contributed by atoms with Gasteiger partial charge < -0.3 is 5.32 Å². The Bertz CT molecular complexity index is 600. The molecule has 1 heterocycles. The zero-order valence-electron chi connectivity index (χ0n) is 11.9. The van der Waals surface area contributed by atoms with Crippen molar-refractivity contribution >= 4 is 35.1 Å². The van der Waals surface area contributed by atoms with Gasteiger partial charge in [-0.25, -0.2) is 0 Å². The van der Waals surface area contributed by atoms with E-state index in [0.717, 1.165) is 34.9 Å². The Labute approximate surface area is 133 Å². The van der Waals surface area contributed by atoms with E-state index in [0.29, 0.717) is 11.6 Å². The lowest BCUT2D eigenvalue weighted by Gasteiger charge is -2.03. The van der Waals surface area contributed by atoms with Crippen LogP contribution in [0.15, 0.2) is 30.3 Å². The highest BCUT2D eigenvalue weighted by atomic mass is 35.5. The first-order chi connectivity index (χ1) is 10.2. The number of carbonyl (C=O) groups is 1. The van der Waals surface area contributed by atoms with Gasteiger partial charge in [-0.2, -0.15) is 5.10 Å². The number of thioether (sulfide) groups is 1. The number of anilines is 1. The van der Waals surface area contributed by atoms with Crippen molar-refractivity contribution < 1.29 is 4.79 Å². The number of carbonyl (C=O) groups excluding carboxylic acids is 1. The third-order valence-electron chi connectivity index (χ3n) is 2.81. The molecule has 0 atom stereocenters. The molecule has 1 aromatic heterocycles. The van der Waals surface area contributed by atoms with Crippen LogP contribution in [0.2, 0.25) is 5.02 Å². The number of hydrogen-bond donors (Lipinski definition) is 2. The maximum atomic E-state index is 11.8. The standard InChI is InChI=1S/C15H18ClN3OS/c1-2-4-13-8-14(19-18-13)17-15(20)10-21-9-11-5-3-6-12(16)7-11/h3,5-8H,2,4,9-10H2,1H3,(H2,17,18,19,20). The van der Waals surface area contributed by atoms with E-state index in [-0.39, 0.29) is 5.91 Å². The molecule has 0 aliphatic heterocycles. The van der Waals surface area contributed by atoms with Crippen molar-refractivity contribution in [2.45, 2.75) is 25.5 Å². The Morgan fingerprint density at radius 1 is 1.43 bits per heavy atom. The number of amides is 1. The van der Waals surface area contributed by atoms with E-state index in [4.69, 9.17) is 11.6 Å². The van der Waals surface area contributed by atoms with Crippen molar-refractivity contribution in [1.82, 2.24) is 10.2 Å². The number of aromatic nitrogens is 2. The maximum absolute atomic E-state index is 11.8. The molecule has 6 heteroatoms. The highest BCUT2D eigenvalue weighted by Gasteiger charge is 2.06. The van der Waals surface area contributed by atoms with E-state index in [2.05, 4.69) is 22.4 Å². The lowest BCUT2D eigenvalue weighted by molar-refractivity contribution is -0.113. The first kappa shape index (κ1) is 15.9. The van der Waals surface area contributed by atoms with Crippen LogP contribution in [0.25, 0.3) is 0 Å². The largest absolute Gasteiger partial charge is 0.308 e. The van der Waals surface area contributed by atoms with E-state index in [9.17, 15) is 4.79 Å². The number of H-pyrrole nitrogens is 1. The molecular weight excluding hydrogens is 306 g/mol. The van der Waals surface area contributed by atoms with E-state index < -0.39 is 0 Å². The van der Waals surface area contributed by atoms with Crippen molar-refractivity contribution in [1.29, 1.82) is 0 Å². The quantitative estimate of drug-likeness (QED) is 0.812. The van der Waals surface area contributed by atoms with Crippen LogP contribution in [0, 0.1) is 0 Å². The maximum Gasteiger partial charge on any atom is 0.235 e. The van der Waals surface area contributed by atoms with Gasteiger partial charge in [-0.05, 0) is 24.1 Å². The first-order valence-electron chi connectivity index (χ1n) is 6.83. The molecule has 0 spiro atoms. The summed E-state index contributed by atoms with van der Waals surface area (Å²) in [6, 6.07) is 9.55. The number of hydrogen-bond acceptors (Lipinski definition) is 3. The highest BCUT2D eigenvalue weighted by Crippen LogP contribution is 2.17. The number of nitrogens with one attached hydrogen (secondary N) is 2. The van der Waals surface area contributed by atoms with Gasteiger partial charge in [-0.1, -0.05) is 37.1 Å². The molecule has 1 amide bonds. The summed E-state index contributed by atoms with van der Waals surface area (Å²) in [6.45, 7) is 2.10. The summed E-state index contributed by atoms with van der Waals surface area (Å²) in [7, 11) is 0. The van der Waals surface area contributed by atoms with Crippen molar-refractivity contribution in [2.24, 2.45) is 0 Å². The predicted octanol–water partition coefficient (Wildman–Crippen LogP) is 3.89. The van der Waals surface area contributed by atoms with Gasteiger partial charge in [-0.15, -0.1) is 11.8 Å². The molecule has 0 fully saturated rings. The fourth-order valence-electron chi connectivity index (χ4n) is 1.89. The van der Waals surface area contributed by atoms with Gasteiger partial charge in [0, 0.05) is 22.5 Å². The minimum atomic E-state index is -0.0448. The molecule has 1 aromatic carbocycles. The highest BCUT2D eigenvalue weighted by molar-refractivity contribution is 7.99. The summed E-state index contributed by atoms with van der Waals surface area (Å²) >= 11 is 7.47. The minimum Gasteiger partial charge on any atom is -0.308 e. The van der Waals surface area contributed by atoms with Crippen molar-refractivity contribution in [2.75, 3.05) is 11.1 Å².